The molecule has 0 aromatic heterocycles. The third kappa shape index (κ3) is 302. The Labute approximate surface area is 49.9 Å². The molecule has 0 rings (SSSR count). The molecule has 0 atom stereocenters. The van der Waals surface area contributed by atoms with Crippen molar-refractivity contribution in [1.29, 1.82) is 5.26 Å². The molecule has 3 heteroatoms. The summed E-state index contributed by atoms with van der Waals surface area (Å²) in [5.74, 6) is 0. The average Bonchev–Trinajstić information content (AvgIpc) is 1.33. The third-order valence-electron chi connectivity index (χ3n) is 0. The van der Waals surface area contributed by atoms with Crippen LogP contribution < -0.4 is 0 Å². The fourth-order valence-corrected chi connectivity index (χ4v) is 0. The Bertz CT molecular complexity index is 53.2. The van der Waals surface area contributed by atoms with E-state index in [4.69, 9.17) is 10.4 Å². The standard InChI is InChI=1S/C3H8O.C2H3N.H2O/c1-3(2)4;1-2-3;/h3-4H,1-2H3;1H3;1H2. The van der Waals surface area contributed by atoms with Crippen LogP contribution in [0.5, 0.6) is 0 Å². The molecule has 0 aromatic rings. The summed E-state index contributed by atoms with van der Waals surface area (Å²) < 4.78 is 0. The van der Waals surface area contributed by atoms with Gasteiger partial charge in [0.25, 0.3) is 0 Å². The second-order valence-corrected chi connectivity index (χ2v) is 1.32. The van der Waals surface area contributed by atoms with Crippen molar-refractivity contribution < 1.29 is 10.6 Å². The molecule has 0 aliphatic heterocycles. The molecular weight excluding hydrogens is 106 g/mol. The molecule has 0 aromatic carbocycles. The van der Waals surface area contributed by atoms with Gasteiger partial charge in [-0.05, 0) is 13.8 Å². The summed E-state index contributed by atoms with van der Waals surface area (Å²) in [5, 5.41) is 15.4. The SMILES string of the molecule is CC#N.CC(C)O.O. The molecule has 0 bridgehead atoms. The van der Waals surface area contributed by atoms with Crippen molar-refractivity contribution in [3.63, 3.8) is 0 Å². The molecule has 0 heterocycles. The molecule has 0 radical (unpaired) electrons. The van der Waals surface area contributed by atoms with Gasteiger partial charge in [0.1, 0.15) is 0 Å². The molecule has 0 spiro atoms. The van der Waals surface area contributed by atoms with E-state index in [1.807, 2.05) is 0 Å². The van der Waals surface area contributed by atoms with Crippen LogP contribution in [0.3, 0.4) is 0 Å². The first-order chi connectivity index (χ1) is 3.15. The summed E-state index contributed by atoms with van der Waals surface area (Å²) in [6.45, 7) is 4.88. The molecule has 0 amide bonds. The van der Waals surface area contributed by atoms with E-state index in [1.54, 1.807) is 19.9 Å². The highest BCUT2D eigenvalue weighted by atomic mass is 16.3. The first-order valence-electron chi connectivity index (χ1n) is 2.14. The Kier molecular flexibility index (Phi) is 31.6. The Morgan fingerprint density at radius 1 is 1.50 bits per heavy atom. The smallest absolute Gasteiger partial charge is 0.0587 e. The molecule has 3 nitrogen and oxygen atoms in total. The minimum Gasteiger partial charge on any atom is -0.412 e. The van der Waals surface area contributed by atoms with Crippen LogP contribution >= 0.6 is 0 Å². The van der Waals surface area contributed by atoms with Gasteiger partial charge in [0.15, 0.2) is 0 Å². The molecule has 3 N–H and O–H groups in total. The Morgan fingerprint density at radius 2 is 1.50 bits per heavy atom. The van der Waals surface area contributed by atoms with Gasteiger partial charge >= 0.3 is 0 Å². The second-order valence-electron chi connectivity index (χ2n) is 1.32. The normalized spacial score (nSPS) is 5.50. The van der Waals surface area contributed by atoms with Crippen LogP contribution in [-0.2, 0) is 0 Å². The van der Waals surface area contributed by atoms with E-state index in [9.17, 15) is 0 Å². The number of aliphatic hydroxyl groups excluding tert-OH is 1. The van der Waals surface area contributed by atoms with E-state index in [0.717, 1.165) is 0 Å². The summed E-state index contributed by atoms with van der Waals surface area (Å²) >= 11 is 0. The minimum atomic E-state index is -0.167. The molecule has 0 fully saturated rings. The molecular formula is C5H13NO2. The van der Waals surface area contributed by atoms with Crippen molar-refractivity contribution in [2.24, 2.45) is 0 Å². The minimum absolute atomic E-state index is 0. The first kappa shape index (κ1) is 15.7. The van der Waals surface area contributed by atoms with Gasteiger partial charge < -0.3 is 10.6 Å². The fraction of sp³-hybridized carbons (Fsp3) is 0.800. The van der Waals surface area contributed by atoms with Gasteiger partial charge in [-0.25, -0.2) is 0 Å². The highest BCUT2D eigenvalue weighted by molar-refractivity contribution is 4.51. The molecule has 50 valence electrons. The van der Waals surface area contributed by atoms with Crippen molar-refractivity contribution >= 4 is 0 Å². The van der Waals surface area contributed by atoms with E-state index in [0.29, 0.717) is 0 Å². The zero-order valence-electron chi connectivity index (χ0n) is 5.47. The van der Waals surface area contributed by atoms with E-state index in [2.05, 4.69) is 0 Å². The Hall–Kier alpha value is -0.590. The summed E-state index contributed by atoms with van der Waals surface area (Å²) in [6, 6.07) is 1.75. The largest absolute Gasteiger partial charge is 0.412 e. The monoisotopic (exact) mass is 119 g/mol. The topological polar surface area (TPSA) is 75.5 Å². The van der Waals surface area contributed by atoms with Crippen molar-refractivity contribution in [1.82, 2.24) is 0 Å². The molecule has 0 aliphatic carbocycles. The van der Waals surface area contributed by atoms with Crippen LogP contribution in [0.4, 0.5) is 0 Å². The third-order valence-corrected chi connectivity index (χ3v) is 0. The molecule has 0 saturated heterocycles. The second kappa shape index (κ2) is 16.1. The summed E-state index contributed by atoms with van der Waals surface area (Å²) in [7, 11) is 0. The lowest BCUT2D eigenvalue weighted by Gasteiger charge is -1.80. The molecule has 0 unspecified atom stereocenters. The summed E-state index contributed by atoms with van der Waals surface area (Å²) in [6.07, 6.45) is -0.167. The summed E-state index contributed by atoms with van der Waals surface area (Å²) in [4.78, 5) is 0. The van der Waals surface area contributed by atoms with Gasteiger partial charge in [0.2, 0.25) is 0 Å². The van der Waals surface area contributed by atoms with Crippen LogP contribution in [-0.4, -0.2) is 16.7 Å². The van der Waals surface area contributed by atoms with Crippen molar-refractivity contribution in [3.8, 4) is 6.07 Å². The van der Waals surface area contributed by atoms with Crippen molar-refractivity contribution in [2.45, 2.75) is 26.9 Å². The van der Waals surface area contributed by atoms with Gasteiger partial charge in [-0.3, -0.25) is 0 Å². The maximum absolute atomic E-state index is 8.06. The number of hydrogen-bond acceptors (Lipinski definition) is 2. The highest BCUT2D eigenvalue weighted by Gasteiger charge is 1.69. The van der Waals surface area contributed by atoms with E-state index >= 15 is 0 Å². The number of aliphatic hydroxyl groups is 1. The van der Waals surface area contributed by atoms with E-state index in [-0.39, 0.29) is 11.6 Å². The van der Waals surface area contributed by atoms with Crippen LogP contribution in [0.15, 0.2) is 0 Å². The lowest BCUT2D eigenvalue weighted by Crippen LogP contribution is -1.85. The number of nitrogens with zero attached hydrogens (tertiary/aromatic N) is 1. The van der Waals surface area contributed by atoms with Crippen LogP contribution in [0.1, 0.15) is 20.8 Å². The maximum Gasteiger partial charge on any atom is 0.0587 e. The number of hydrogen-bond donors (Lipinski definition) is 1. The van der Waals surface area contributed by atoms with E-state index in [1.165, 1.54) is 6.92 Å². The highest BCUT2D eigenvalue weighted by Crippen LogP contribution is 1.65. The quantitative estimate of drug-likeness (QED) is 0.490. The Morgan fingerprint density at radius 3 is 1.50 bits per heavy atom. The zero-order valence-corrected chi connectivity index (χ0v) is 5.47. The molecule has 8 heavy (non-hydrogen) atoms. The predicted molar refractivity (Wildman–Crippen MR) is 32.3 cm³/mol. The van der Waals surface area contributed by atoms with Crippen LogP contribution in [0.2, 0.25) is 0 Å². The lowest BCUT2D eigenvalue weighted by molar-refractivity contribution is 0.216. The maximum atomic E-state index is 8.06. The molecule has 0 aliphatic rings. The average molecular weight is 119 g/mol. The zero-order chi connectivity index (χ0) is 6.28. The Balaban J connectivity index is -0.0000000575. The lowest BCUT2D eigenvalue weighted by atomic mass is 10.5. The fourth-order valence-electron chi connectivity index (χ4n) is 0. The van der Waals surface area contributed by atoms with Gasteiger partial charge in [-0.1, -0.05) is 0 Å². The van der Waals surface area contributed by atoms with Crippen LogP contribution in [0, 0.1) is 11.3 Å². The summed E-state index contributed by atoms with van der Waals surface area (Å²) in [5.41, 5.74) is 0. The van der Waals surface area contributed by atoms with Gasteiger partial charge in [-0.2, -0.15) is 5.26 Å². The van der Waals surface area contributed by atoms with Crippen molar-refractivity contribution in [3.05, 3.63) is 0 Å². The number of rotatable bonds is 0. The van der Waals surface area contributed by atoms with Gasteiger partial charge in [0, 0.05) is 13.0 Å². The van der Waals surface area contributed by atoms with E-state index < -0.39 is 0 Å². The van der Waals surface area contributed by atoms with Crippen molar-refractivity contribution in [2.75, 3.05) is 0 Å². The van der Waals surface area contributed by atoms with Crippen LogP contribution in [0.25, 0.3) is 0 Å². The molecule has 0 saturated carbocycles. The van der Waals surface area contributed by atoms with Gasteiger partial charge in [0.05, 0.1) is 6.07 Å². The number of nitriles is 1. The van der Waals surface area contributed by atoms with Gasteiger partial charge in [-0.15, -0.1) is 0 Å². The first-order valence-corrected chi connectivity index (χ1v) is 2.14. The predicted octanol–water partition coefficient (Wildman–Crippen LogP) is 0.0923.